The van der Waals surface area contributed by atoms with E-state index in [1.165, 1.54) is 18.2 Å². The molecule has 1 heterocycles. The highest BCUT2D eigenvalue weighted by molar-refractivity contribution is 6.32. The summed E-state index contributed by atoms with van der Waals surface area (Å²) in [6.07, 6.45) is 0. The highest BCUT2D eigenvalue weighted by atomic mass is 35.5. The third-order valence-electron chi connectivity index (χ3n) is 2.37. The van der Waals surface area contributed by atoms with E-state index in [0.717, 1.165) is 0 Å². The van der Waals surface area contributed by atoms with E-state index in [-0.39, 0.29) is 28.2 Å². The van der Waals surface area contributed by atoms with Crippen LogP contribution in [-0.4, -0.2) is 9.91 Å². The Bertz CT molecular complexity index is 664. The van der Waals surface area contributed by atoms with Gasteiger partial charge in [0.1, 0.15) is 17.5 Å². The molecule has 0 N–H and O–H groups in total. The molecule has 20 heavy (non-hydrogen) atoms. The fourth-order valence-electron chi connectivity index (χ4n) is 1.42. The van der Waals surface area contributed by atoms with Gasteiger partial charge in [0.15, 0.2) is 0 Å². The van der Waals surface area contributed by atoms with E-state index >= 15 is 0 Å². The first-order valence-electron chi connectivity index (χ1n) is 5.35. The molecule has 5 nitrogen and oxygen atoms in total. The average molecular weight is 334 g/mol. The lowest BCUT2D eigenvalue weighted by Crippen LogP contribution is -2.00. The summed E-state index contributed by atoms with van der Waals surface area (Å²) in [5, 5.41) is 11.6. The van der Waals surface area contributed by atoms with Crippen LogP contribution in [0.2, 0.25) is 15.2 Å². The van der Waals surface area contributed by atoms with Crippen LogP contribution in [0, 0.1) is 10.1 Å². The van der Waals surface area contributed by atoms with E-state index in [2.05, 4.69) is 4.98 Å². The fraction of sp³-hybridized carbons (Fsp3) is 0.0833. The molecule has 8 heteroatoms. The van der Waals surface area contributed by atoms with Gasteiger partial charge in [-0.05, 0) is 18.2 Å². The number of non-ortho nitro benzene ring substituents is 1. The third-order valence-corrected chi connectivity index (χ3v) is 3.24. The van der Waals surface area contributed by atoms with Gasteiger partial charge in [-0.15, -0.1) is 0 Å². The maximum absolute atomic E-state index is 10.7. The number of aromatic nitrogens is 1. The van der Waals surface area contributed by atoms with Crippen molar-refractivity contribution in [3.8, 4) is 5.75 Å². The summed E-state index contributed by atoms with van der Waals surface area (Å²) in [6.45, 7) is 0.000279. The summed E-state index contributed by atoms with van der Waals surface area (Å²) in [5.41, 5.74) is 0.302. The molecule has 1 aromatic heterocycles. The van der Waals surface area contributed by atoms with Gasteiger partial charge >= 0.3 is 0 Å². The highest BCUT2D eigenvalue weighted by Gasteiger charge is 2.12. The van der Waals surface area contributed by atoms with Crippen LogP contribution >= 0.6 is 34.8 Å². The molecule has 1 aromatic carbocycles. The van der Waals surface area contributed by atoms with Crippen molar-refractivity contribution in [2.75, 3.05) is 0 Å². The highest BCUT2D eigenvalue weighted by Crippen LogP contribution is 2.30. The van der Waals surface area contributed by atoms with Crippen molar-refractivity contribution in [2.24, 2.45) is 0 Å². The summed E-state index contributed by atoms with van der Waals surface area (Å²) in [7, 11) is 0. The van der Waals surface area contributed by atoms with Crippen molar-refractivity contribution in [1.82, 2.24) is 4.98 Å². The van der Waals surface area contributed by atoms with Gasteiger partial charge < -0.3 is 4.74 Å². The minimum absolute atomic E-state index is 0.000279. The Labute approximate surface area is 129 Å². The van der Waals surface area contributed by atoms with Crippen molar-refractivity contribution in [3.05, 3.63) is 61.3 Å². The Morgan fingerprint density at radius 2 is 1.85 bits per heavy atom. The van der Waals surface area contributed by atoms with E-state index in [9.17, 15) is 10.1 Å². The number of hydrogen-bond donors (Lipinski definition) is 0. The maximum Gasteiger partial charge on any atom is 0.273 e. The molecule has 0 unspecified atom stereocenters. The van der Waals surface area contributed by atoms with Crippen LogP contribution < -0.4 is 4.74 Å². The predicted octanol–water partition coefficient (Wildman–Crippen LogP) is 4.53. The number of benzene rings is 1. The Morgan fingerprint density at radius 1 is 1.15 bits per heavy atom. The number of halogens is 3. The summed E-state index contributed by atoms with van der Waals surface area (Å²) >= 11 is 17.6. The molecule has 0 bridgehead atoms. The zero-order valence-electron chi connectivity index (χ0n) is 9.85. The van der Waals surface area contributed by atoms with Crippen LogP contribution in [0.25, 0.3) is 0 Å². The molecule has 0 saturated carbocycles. The number of nitro groups is 1. The normalized spacial score (nSPS) is 10.3. The molecule has 104 valence electrons. The summed E-state index contributed by atoms with van der Waals surface area (Å²) in [5.74, 6) is 0.179. The van der Waals surface area contributed by atoms with E-state index in [4.69, 9.17) is 39.5 Å². The van der Waals surface area contributed by atoms with Gasteiger partial charge in [-0.25, -0.2) is 4.98 Å². The van der Waals surface area contributed by atoms with Gasteiger partial charge in [0.05, 0.1) is 26.7 Å². The quantitative estimate of drug-likeness (QED) is 0.468. The molecule has 0 aliphatic carbocycles. The largest absolute Gasteiger partial charge is 0.485 e. The number of pyridine rings is 1. The molecular weight excluding hydrogens is 327 g/mol. The number of ether oxygens (including phenoxy) is 1. The predicted molar refractivity (Wildman–Crippen MR) is 76.7 cm³/mol. The summed E-state index contributed by atoms with van der Waals surface area (Å²) in [6, 6.07) is 7.06. The Kier molecular flexibility index (Phi) is 4.65. The van der Waals surface area contributed by atoms with Crippen LogP contribution in [0.1, 0.15) is 5.69 Å². The smallest absolute Gasteiger partial charge is 0.273 e. The zero-order chi connectivity index (χ0) is 14.7. The first-order valence-corrected chi connectivity index (χ1v) is 6.48. The second-order valence-corrected chi connectivity index (χ2v) is 4.92. The number of rotatable bonds is 4. The topological polar surface area (TPSA) is 65.3 Å². The van der Waals surface area contributed by atoms with Crippen molar-refractivity contribution >= 4 is 40.5 Å². The monoisotopic (exact) mass is 332 g/mol. The lowest BCUT2D eigenvalue weighted by atomic mass is 10.3. The van der Waals surface area contributed by atoms with Gasteiger partial charge in [-0.1, -0.05) is 34.8 Å². The number of nitrogens with zero attached hydrogens (tertiary/aromatic N) is 2. The van der Waals surface area contributed by atoms with Crippen LogP contribution in [-0.2, 0) is 6.61 Å². The molecule has 2 aromatic rings. The molecule has 0 spiro atoms. The van der Waals surface area contributed by atoms with Gasteiger partial charge in [0.2, 0.25) is 0 Å². The molecule has 0 saturated heterocycles. The Hall–Kier alpha value is -1.56. The molecule has 0 radical (unpaired) electrons. The second kappa shape index (κ2) is 6.26. The average Bonchev–Trinajstić information content (AvgIpc) is 2.41. The lowest BCUT2D eigenvalue weighted by molar-refractivity contribution is -0.384. The molecular formula is C12H7Cl3N2O3. The third kappa shape index (κ3) is 3.50. The van der Waals surface area contributed by atoms with Gasteiger partial charge in [0.25, 0.3) is 5.69 Å². The Morgan fingerprint density at radius 3 is 2.55 bits per heavy atom. The van der Waals surface area contributed by atoms with Gasteiger partial charge in [-0.2, -0.15) is 0 Å². The first kappa shape index (κ1) is 14.8. The molecule has 0 aliphatic rings. The van der Waals surface area contributed by atoms with Crippen molar-refractivity contribution in [2.45, 2.75) is 6.61 Å². The van der Waals surface area contributed by atoms with E-state index in [0.29, 0.717) is 10.7 Å². The van der Waals surface area contributed by atoms with E-state index in [1.807, 2.05) is 0 Å². The standard InChI is InChI=1S/C12H7Cl3N2O3/c13-8-3-4-12(15)16-10(8)6-20-11-5-7(17(18)19)1-2-9(11)14/h1-5H,6H2. The van der Waals surface area contributed by atoms with Crippen LogP contribution in [0.4, 0.5) is 5.69 Å². The van der Waals surface area contributed by atoms with Crippen molar-refractivity contribution in [1.29, 1.82) is 0 Å². The first-order chi connectivity index (χ1) is 9.47. The fourth-order valence-corrected chi connectivity index (χ4v) is 1.92. The Balaban J connectivity index is 2.20. The van der Waals surface area contributed by atoms with Crippen LogP contribution in [0.15, 0.2) is 30.3 Å². The summed E-state index contributed by atoms with van der Waals surface area (Å²) < 4.78 is 5.41. The zero-order valence-corrected chi connectivity index (χ0v) is 12.1. The SMILES string of the molecule is O=[N+]([O-])c1ccc(Cl)c(OCc2nc(Cl)ccc2Cl)c1. The second-order valence-electron chi connectivity index (χ2n) is 3.72. The van der Waals surface area contributed by atoms with Crippen LogP contribution in [0.5, 0.6) is 5.75 Å². The minimum atomic E-state index is -0.534. The lowest BCUT2D eigenvalue weighted by Gasteiger charge is -2.08. The molecule has 2 rings (SSSR count). The number of hydrogen-bond acceptors (Lipinski definition) is 4. The maximum atomic E-state index is 10.7. The van der Waals surface area contributed by atoms with E-state index in [1.54, 1.807) is 12.1 Å². The van der Waals surface area contributed by atoms with Gasteiger partial charge in [-0.3, -0.25) is 10.1 Å². The molecule has 0 aliphatic heterocycles. The molecule has 0 amide bonds. The summed E-state index contributed by atoms with van der Waals surface area (Å²) in [4.78, 5) is 14.2. The van der Waals surface area contributed by atoms with Crippen LogP contribution in [0.3, 0.4) is 0 Å². The minimum Gasteiger partial charge on any atom is -0.485 e. The van der Waals surface area contributed by atoms with Gasteiger partial charge in [0, 0.05) is 6.07 Å². The van der Waals surface area contributed by atoms with Crippen molar-refractivity contribution < 1.29 is 9.66 Å². The molecule has 0 atom stereocenters. The van der Waals surface area contributed by atoms with E-state index < -0.39 is 4.92 Å². The number of nitro benzene ring substituents is 1. The van der Waals surface area contributed by atoms with Crippen molar-refractivity contribution in [3.63, 3.8) is 0 Å². The molecule has 0 fully saturated rings.